The number of hydrogen-bond donors (Lipinski definition) is 0. The van der Waals surface area contributed by atoms with Gasteiger partial charge in [0, 0.05) is 18.7 Å². The highest BCUT2D eigenvalue weighted by Gasteiger charge is 2.36. The van der Waals surface area contributed by atoms with Crippen LogP contribution in [0.4, 0.5) is 5.69 Å². The Labute approximate surface area is 157 Å². The van der Waals surface area contributed by atoms with Crippen LogP contribution in [0.5, 0.6) is 5.75 Å². The topological polar surface area (TPSA) is 68.5 Å². The number of methoxy groups -OCH3 is 1. The van der Waals surface area contributed by atoms with E-state index < -0.39 is 0 Å². The summed E-state index contributed by atoms with van der Waals surface area (Å²) in [5.41, 5.74) is 2.90. The fourth-order valence-corrected chi connectivity index (χ4v) is 3.52. The maximum Gasteiger partial charge on any atom is 0.232 e. The summed E-state index contributed by atoms with van der Waals surface area (Å²) in [6.07, 6.45) is 1.24. The molecule has 0 spiro atoms. The van der Waals surface area contributed by atoms with Gasteiger partial charge in [0.05, 0.1) is 18.6 Å². The van der Waals surface area contributed by atoms with Crippen LogP contribution in [-0.4, -0.2) is 29.7 Å². The van der Waals surface area contributed by atoms with E-state index in [4.69, 9.17) is 9.26 Å². The van der Waals surface area contributed by atoms with Crippen LogP contribution >= 0.6 is 0 Å². The SMILES string of the molecule is CCc1ccccc1N1CC(c2nc(-c3ccccc3OC)no2)CC1=O. The van der Waals surface area contributed by atoms with Crippen molar-refractivity contribution in [3.05, 3.63) is 60.0 Å². The molecule has 1 unspecified atom stereocenters. The molecule has 1 aromatic heterocycles. The van der Waals surface area contributed by atoms with E-state index in [0.717, 1.165) is 23.2 Å². The summed E-state index contributed by atoms with van der Waals surface area (Å²) in [5.74, 6) is 1.62. The highest BCUT2D eigenvalue weighted by molar-refractivity contribution is 5.97. The molecule has 27 heavy (non-hydrogen) atoms. The van der Waals surface area contributed by atoms with Gasteiger partial charge in [-0.25, -0.2) is 0 Å². The lowest BCUT2D eigenvalue weighted by Gasteiger charge is -2.19. The van der Waals surface area contributed by atoms with Gasteiger partial charge < -0.3 is 14.2 Å². The maximum atomic E-state index is 12.6. The summed E-state index contributed by atoms with van der Waals surface area (Å²) in [4.78, 5) is 19.0. The smallest absolute Gasteiger partial charge is 0.232 e. The lowest BCUT2D eigenvalue weighted by molar-refractivity contribution is -0.117. The van der Waals surface area contributed by atoms with E-state index in [2.05, 4.69) is 23.1 Å². The maximum absolute atomic E-state index is 12.6. The third kappa shape index (κ3) is 3.18. The highest BCUT2D eigenvalue weighted by atomic mass is 16.5. The molecular weight excluding hydrogens is 342 g/mol. The molecule has 2 aromatic carbocycles. The normalized spacial score (nSPS) is 16.7. The number of carbonyl (C=O) groups is 1. The number of amides is 1. The van der Waals surface area contributed by atoms with Crippen LogP contribution in [-0.2, 0) is 11.2 Å². The minimum absolute atomic E-state index is 0.0814. The first kappa shape index (κ1) is 17.3. The van der Waals surface area contributed by atoms with Crippen LogP contribution in [0.25, 0.3) is 11.4 Å². The molecule has 0 N–H and O–H groups in total. The van der Waals surface area contributed by atoms with E-state index in [1.807, 2.05) is 47.4 Å². The average Bonchev–Trinajstić information content (AvgIpc) is 3.34. The molecule has 3 aromatic rings. The van der Waals surface area contributed by atoms with Crippen molar-refractivity contribution in [3.63, 3.8) is 0 Å². The van der Waals surface area contributed by atoms with Crippen LogP contribution in [0.2, 0.25) is 0 Å². The predicted molar refractivity (Wildman–Crippen MR) is 102 cm³/mol. The minimum Gasteiger partial charge on any atom is -0.496 e. The molecular formula is C21H21N3O3. The standard InChI is InChI=1S/C21H21N3O3/c1-3-14-8-4-6-10-17(14)24-13-15(12-19(24)25)21-22-20(23-27-21)16-9-5-7-11-18(16)26-2/h4-11,15H,3,12-13H2,1-2H3. The molecule has 1 fully saturated rings. The largest absolute Gasteiger partial charge is 0.496 e. The summed E-state index contributed by atoms with van der Waals surface area (Å²) in [6.45, 7) is 2.64. The Morgan fingerprint density at radius 2 is 1.96 bits per heavy atom. The van der Waals surface area contributed by atoms with Crippen molar-refractivity contribution < 1.29 is 14.1 Å². The molecule has 6 nitrogen and oxygen atoms in total. The number of rotatable bonds is 5. The first-order valence-electron chi connectivity index (χ1n) is 9.06. The van der Waals surface area contributed by atoms with Gasteiger partial charge in [-0.15, -0.1) is 0 Å². The molecule has 0 radical (unpaired) electrons. The molecule has 1 aliphatic rings. The van der Waals surface area contributed by atoms with Crippen LogP contribution in [0.1, 0.15) is 30.7 Å². The second-order valence-electron chi connectivity index (χ2n) is 6.54. The minimum atomic E-state index is -0.113. The monoisotopic (exact) mass is 363 g/mol. The number of benzene rings is 2. The summed E-state index contributed by atoms with van der Waals surface area (Å²) >= 11 is 0. The first-order chi connectivity index (χ1) is 13.2. The third-order valence-corrected chi connectivity index (χ3v) is 4.93. The van der Waals surface area contributed by atoms with Gasteiger partial charge >= 0.3 is 0 Å². The van der Waals surface area contributed by atoms with Gasteiger partial charge in [0.25, 0.3) is 0 Å². The van der Waals surface area contributed by atoms with Crippen LogP contribution in [0.15, 0.2) is 53.1 Å². The Hall–Kier alpha value is -3.15. The Morgan fingerprint density at radius 3 is 2.78 bits per heavy atom. The molecule has 0 bridgehead atoms. The van der Waals surface area contributed by atoms with Gasteiger partial charge in [0.2, 0.25) is 17.6 Å². The third-order valence-electron chi connectivity index (χ3n) is 4.93. The van der Waals surface area contributed by atoms with E-state index in [9.17, 15) is 4.79 Å². The van der Waals surface area contributed by atoms with Gasteiger partial charge in [-0.3, -0.25) is 4.79 Å². The van der Waals surface area contributed by atoms with Gasteiger partial charge in [-0.2, -0.15) is 4.98 Å². The summed E-state index contributed by atoms with van der Waals surface area (Å²) in [7, 11) is 1.61. The number of ether oxygens (including phenoxy) is 1. The summed E-state index contributed by atoms with van der Waals surface area (Å²) in [6, 6.07) is 15.5. The van der Waals surface area contributed by atoms with Gasteiger partial charge in [0.15, 0.2) is 0 Å². The molecule has 6 heteroatoms. The zero-order valence-electron chi connectivity index (χ0n) is 15.4. The molecule has 1 amide bonds. The fourth-order valence-electron chi connectivity index (χ4n) is 3.52. The molecule has 0 aliphatic carbocycles. The molecule has 0 saturated carbocycles. The Balaban J connectivity index is 1.59. The first-order valence-corrected chi connectivity index (χ1v) is 9.06. The number of para-hydroxylation sites is 2. The molecule has 1 aliphatic heterocycles. The van der Waals surface area contributed by atoms with E-state index in [1.165, 1.54) is 0 Å². The Bertz CT molecular complexity index is 967. The van der Waals surface area contributed by atoms with Crippen molar-refractivity contribution in [2.75, 3.05) is 18.6 Å². The zero-order valence-corrected chi connectivity index (χ0v) is 15.4. The van der Waals surface area contributed by atoms with Gasteiger partial charge in [0.1, 0.15) is 5.75 Å². The number of hydrogen-bond acceptors (Lipinski definition) is 5. The quantitative estimate of drug-likeness (QED) is 0.689. The number of carbonyl (C=O) groups excluding carboxylic acids is 1. The van der Waals surface area contributed by atoms with Crippen LogP contribution < -0.4 is 9.64 Å². The fraction of sp³-hybridized carbons (Fsp3) is 0.286. The van der Waals surface area contributed by atoms with Crippen molar-refractivity contribution in [2.45, 2.75) is 25.7 Å². The lowest BCUT2D eigenvalue weighted by Crippen LogP contribution is -2.25. The van der Waals surface area contributed by atoms with Crippen molar-refractivity contribution in [2.24, 2.45) is 0 Å². The molecule has 4 rings (SSSR count). The second kappa shape index (κ2) is 7.23. The molecule has 2 heterocycles. The highest BCUT2D eigenvalue weighted by Crippen LogP contribution is 2.34. The van der Waals surface area contributed by atoms with Crippen molar-refractivity contribution in [1.29, 1.82) is 0 Å². The Morgan fingerprint density at radius 1 is 1.19 bits per heavy atom. The number of anilines is 1. The predicted octanol–water partition coefficient (Wildman–Crippen LogP) is 3.83. The van der Waals surface area contributed by atoms with Crippen LogP contribution in [0.3, 0.4) is 0 Å². The van der Waals surface area contributed by atoms with Crippen LogP contribution in [0, 0.1) is 0 Å². The van der Waals surface area contributed by atoms with E-state index in [0.29, 0.717) is 30.4 Å². The zero-order chi connectivity index (χ0) is 18.8. The van der Waals surface area contributed by atoms with Gasteiger partial charge in [-0.05, 0) is 30.2 Å². The lowest BCUT2D eigenvalue weighted by atomic mass is 10.1. The van der Waals surface area contributed by atoms with Gasteiger partial charge in [-0.1, -0.05) is 42.4 Å². The van der Waals surface area contributed by atoms with Crippen molar-refractivity contribution in [3.8, 4) is 17.1 Å². The van der Waals surface area contributed by atoms with Crippen molar-refractivity contribution in [1.82, 2.24) is 10.1 Å². The molecule has 1 saturated heterocycles. The second-order valence-corrected chi connectivity index (χ2v) is 6.54. The van der Waals surface area contributed by atoms with E-state index in [-0.39, 0.29) is 11.8 Å². The number of aromatic nitrogens is 2. The molecule has 138 valence electrons. The van der Waals surface area contributed by atoms with E-state index >= 15 is 0 Å². The number of nitrogens with zero attached hydrogens (tertiary/aromatic N) is 3. The van der Waals surface area contributed by atoms with Crippen molar-refractivity contribution >= 4 is 11.6 Å². The summed E-state index contributed by atoms with van der Waals surface area (Å²) in [5, 5.41) is 4.10. The van der Waals surface area contributed by atoms with E-state index in [1.54, 1.807) is 7.11 Å². The number of aryl methyl sites for hydroxylation is 1. The molecule has 1 atom stereocenters. The summed E-state index contributed by atoms with van der Waals surface area (Å²) < 4.78 is 10.9. The average molecular weight is 363 g/mol. The Kier molecular flexibility index (Phi) is 4.62.